The first-order valence-corrected chi connectivity index (χ1v) is 5.79. The molecule has 0 radical (unpaired) electrons. The molecule has 7 saturated carbocycles. The molecule has 0 unspecified atom stereocenters. The second kappa shape index (κ2) is 1.70. The molecule has 1 spiro atoms. The van der Waals surface area contributed by atoms with Crippen LogP contribution in [0.15, 0.2) is 10.3 Å². The van der Waals surface area contributed by atoms with E-state index in [2.05, 4.69) is 10.3 Å². The van der Waals surface area contributed by atoms with Gasteiger partial charge in [-0.05, 0) is 30.6 Å². The summed E-state index contributed by atoms with van der Waals surface area (Å²) >= 11 is 0. The Balaban J connectivity index is 1.84. The van der Waals surface area contributed by atoms with Gasteiger partial charge in [-0.2, -0.15) is 0 Å². The van der Waals surface area contributed by atoms with Crippen LogP contribution in [-0.2, 0) is 0 Å². The molecule has 7 aliphatic rings. The van der Waals surface area contributed by atoms with Crippen molar-refractivity contribution in [2.24, 2.45) is 51.2 Å². The lowest BCUT2D eigenvalue weighted by Gasteiger charge is -2.64. The van der Waals surface area contributed by atoms with E-state index in [9.17, 15) is 5.21 Å². The standard InChI is InChI=1S/C11H12N2O2/c14-12-9-3-1-4-7-5-2-11(7,8(4)9)10(13-15)6(3)5/h3-8,14-15H,1-2H2/b12-9+,13-10-/t3-,4+,5+,6-,7+,8-,11-/m0/s1. The summed E-state index contributed by atoms with van der Waals surface area (Å²) in [6.45, 7) is 0. The Kier molecular flexibility index (Phi) is 0.822. The van der Waals surface area contributed by atoms with Gasteiger partial charge in [-0.1, -0.05) is 10.3 Å². The van der Waals surface area contributed by atoms with Crippen LogP contribution >= 0.6 is 0 Å². The van der Waals surface area contributed by atoms with Crippen LogP contribution in [-0.4, -0.2) is 21.8 Å². The third-order valence-electron chi connectivity index (χ3n) is 6.21. The molecule has 0 heterocycles. The van der Waals surface area contributed by atoms with E-state index >= 15 is 0 Å². The van der Waals surface area contributed by atoms with Gasteiger partial charge in [-0.25, -0.2) is 0 Å². The van der Waals surface area contributed by atoms with Gasteiger partial charge in [0.2, 0.25) is 0 Å². The van der Waals surface area contributed by atoms with Gasteiger partial charge < -0.3 is 10.4 Å². The maximum absolute atomic E-state index is 9.18. The fourth-order valence-corrected chi connectivity index (χ4v) is 6.20. The van der Waals surface area contributed by atoms with Gasteiger partial charge in [0.25, 0.3) is 0 Å². The van der Waals surface area contributed by atoms with Crippen molar-refractivity contribution in [3.05, 3.63) is 0 Å². The molecule has 0 aliphatic heterocycles. The smallest absolute Gasteiger partial charge is 0.0682 e. The summed E-state index contributed by atoms with van der Waals surface area (Å²) in [7, 11) is 0. The van der Waals surface area contributed by atoms with Gasteiger partial charge in [0.1, 0.15) is 0 Å². The van der Waals surface area contributed by atoms with Crippen LogP contribution in [0.2, 0.25) is 0 Å². The molecule has 0 amide bonds. The molecule has 78 valence electrons. The van der Waals surface area contributed by atoms with Crippen LogP contribution in [0.25, 0.3) is 0 Å². The monoisotopic (exact) mass is 204 g/mol. The highest BCUT2D eigenvalue weighted by molar-refractivity contribution is 6.13. The number of rotatable bonds is 0. The summed E-state index contributed by atoms with van der Waals surface area (Å²) in [6.07, 6.45) is 2.37. The zero-order valence-corrected chi connectivity index (χ0v) is 8.17. The predicted molar refractivity (Wildman–Crippen MR) is 51.1 cm³/mol. The molecule has 0 saturated heterocycles. The lowest BCUT2D eigenvalue weighted by molar-refractivity contribution is -0.151. The van der Waals surface area contributed by atoms with Crippen LogP contribution in [0.3, 0.4) is 0 Å². The molecule has 2 N–H and O–H groups in total. The predicted octanol–water partition coefficient (Wildman–Crippen LogP) is 1.18. The summed E-state index contributed by atoms with van der Waals surface area (Å²) in [6, 6.07) is 0. The average molecular weight is 204 g/mol. The van der Waals surface area contributed by atoms with Gasteiger partial charge in [-0.3, -0.25) is 0 Å². The van der Waals surface area contributed by atoms with E-state index in [-0.39, 0.29) is 5.41 Å². The third-order valence-corrected chi connectivity index (χ3v) is 6.21. The van der Waals surface area contributed by atoms with Gasteiger partial charge in [0.15, 0.2) is 0 Å². The minimum Gasteiger partial charge on any atom is -0.411 e. The molecule has 7 aliphatic carbocycles. The minimum atomic E-state index is 0.156. The first kappa shape index (κ1) is 7.25. The molecule has 7 rings (SSSR count). The quantitative estimate of drug-likeness (QED) is 0.459. The van der Waals surface area contributed by atoms with E-state index in [0.29, 0.717) is 17.8 Å². The maximum atomic E-state index is 9.18. The average Bonchev–Trinajstić information content (AvgIpc) is 2.64. The fraction of sp³-hybridized carbons (Fsp3) is 0.818. The highest BCUT2D eigenvalue weighted by Crippen LogP contribution is 2.87. The van der Waals surface area contributed by atoms with Crippen molar-refractivity contribution in [3.8, 4) is 0 Å². The van der Waals surface area contributed by atoms with Crippen molar-refractivity contribution in [1.82, 2.24) is 0 Å². The SMILES string of the molecule is O/N=C1/[C@@H]2[C@H]3C[C@@]14[C@@H]3[C@H]1C[C@@H]2/C(=N\O)[C@H]14. The van der Waals surface area contributed by atoms with E-state index in [1.165, 1.54) is 12.8 Å². The van der Waals surface area contributed by atoms with Crippen LogP contribution in [0.5, 0.6) is 0 Å². The normalized spacial score (nSPS) is 71.2. The number of hydrogen-bond donors (Lipinski definition) is 2. The summed E-state index contributed by atoms with van der Waals surface area (Å²) in [5.74, 6) is 3.51. The van der Waals surface area contributed by atoms with Crippen LogP contribution < -0.4 is 0 Å². The highest BCUT2D eigenvalue weighted by Gasteiger charge is 2.88. The molecule has 0 aromatic carbocycles. The Morgan fingerprint density at radius 1 is 1.20 bits per heavy atom. The van der Waals surface area contributed by atoms with Gasteiger partial charge >= 0.3 is 0 Å². The Labute approximate surface area is 86.6 Å². The number of nitrogens with zero attached hydrogens (tertiary/aromatic N) is 2. The molecule has 4 nitrogen and oxygen atoms in total. The van der Waals surface area contributed by atoms with Crippen LogP contribution in [0, 0.1) is 40.9 Å². The van der Waals surface area contributed by atoms with Crippen molar-refractivity contribution in [2.75, 3.05) is 0 Å². The first-order chi connectivity index (χ1) is 7.34. The van der Waals surface area contributed by atoms with Crippen molar-refractivity contribution >= 4 is 11.4 Å². The lowest BCUT2D eigenvalue weighted by atomic mass is 9.38. The fourth-order valence-electron chi connectivity index (χ4n) is 6.20. The second-order valence-corrected chi connectivity index (χ2v) is 5.95. The zero-order valence-electron chi connectivity index (χ0n) is 8.17. The van der Waals surface area contributed by atoms with E-state index in [4.69, 9.17) is 5.21 Å². The van der Waals surface area contributed by atoms with Crippen LogP contribution in [0.1, 0.15) is 12.8 Å². The molecule has 4 heteroatoms. The summed E-state index contributed by atoms with van der Waals surface area (Å²) < 4.78 is 0. The first-order valence-electron chi connectivity index (χ1n) is 5.79. The molecule has 7 atom stereocenters. The van der Waals surface area contributed by atoms with Crippen molar-refractivity contribution in [3.63, 3.8) is 0 Å². The van der Waals surface area contributed by atoms with E-state index in [1.807, 2.05) is 0 Å². The van der Waals surface area contributed by atoms with E-state index in [0.717, 1.165) is 29.2 Å². The molecule has 7 fully saturated rings. The van der Waals surface area contributed by atoms with Crippen LogP contribution in [0.4, 0.5) is 0 Å². The number of oxime groups is 2. The zero-order chi connectivity index (χ0) is 9.95. The Bertz CT molecular complexity index is 450. The van der Waals surface area contributed by atoms with E-state index in [1.54, 1.807) is 0 Å². The molecular formula is C11H12N2O2. The highest BCUT2D eigenvalue weighted by atomic mass is 16.4. The topological polar surface area (TPSA) is 65.2 Å². The molecular weight excluding hydrogens is 192 g/mol. The largest absolute Gasteiger partial charge is 0.411 e. The van der Waals surface area contributed by atoms with E-state index < -0.39 is 0 Å². The van der Waals surface area contributed by atoms with Gasteiger partial charge in [0, 0.05) is 23.2 Å². The van der Waals surface area contributed by atoms with Crippen molar-refractivity contribution < 1.29 is 10.4 Å². The van der Waals surface area contributed by atoms with Crippen molar-refractivity contribution in [1.29, 1.82) is 0 Å². The van der Waals surface area contributed by atoms with Gasteiger partial charge in [-0.15, -0.1) is 0 Å². The molecule has 0 aromatic rings. The number of hydrogen-bond acceptors (Lipinski definition) is 4. The third kappa shape index (κ3) is 0.404. The summed E-state index contributed by atoms with van der Waals surface area (Å²) in [5.41, 5.74) is 2.26. The molecule has 15 heavy (non-hydrogen) atoms. The summed E-state index contributed by atoms with van der Waals surface area (Å²) in [5, 5.41) is 25.4. The van der Waals surface area contributed by atoms with Crippen molar-refractivity contribution in [2.45, 2.75) is 12.8 Å². The second-order valence-electron chi connectivity index (χ2n) is 5.95. The summed E-state index contributed by atoms with van der Waals surface area (Å²) in [4.78, 5) is 0. The molecule has 7 bridgehead atoms. The lowest BCUT2D eigenvalue weighted by Crippen LogP contribution is -2.64. The Morgan fingerprint density at radius 2 is 2.07 bits per heavy atom. The Morgan fingerprint density at radius 3 is 2.80 bits per heavy atom. The van der Waals surface area contributed by atoms with Gasteiger partial charge in [0.05, 0.1) is 11.4 Å². The molecule has 0 aromatic heterocycles. The maximum Gasteiger partial charge on any atom is 0.0682 e. The Hall–Kier alpha value is -1.06. The minimum absolute atomic E-state index is 0.156.